The molecule has 0 saturated carbocycles. The molecule has 5 nitrogen and oxygen atoms in total. The van der Waals surface area contributed by atoms with Gasteiger partial charge < -0.3 is 13.9 Å². The van der Waals surface area contributed by atoms with Gasteiger partial charge in [0.15, 0.2) is 0 Å². The molecule has 0 spiro atoms. The molecule has 320 valence electrons. The molecule has 0 bridgehead atoms. The summed E-state index contributed by atoms with van der Waals surface area (Å²) < 4.78 is 126. The monoisotopic (exact) mass is 1030 g/mol. The third kappa shape index (κ3) is 7.88. The second kappa shape index (κ2) is 16.9. The topological polar surface area (TPSA) is 35.9 Å². The van der Waals surface area contributed by atoms with Gasteiger partial charge in [0.2, 0.25) is 0 Å². The molecule has 0 aliphatic carbocycles. The Morgan fingerprint density at radius 3 is 2.12 bits per heavy atom. The fourth-order valence-electron chi connectivity index (χ4n) is 7.86. The standard InChI is InChI=1S/C58H50N4O.Pt/c1-8-39-30-31-59-55(32-39)62-51-25-13-12-22-49(51)50-29-28-46(37-54(50)62)63-45-21-16-20-44(36-45)60-38-61(53-27-15-14-26-52(53)60)56-47(40-18-10-9-11-19-40)23-17-24-48(56)41-33-42(57(2,3)4)35-43(34-41)58(5,6)7;/h9-35H,8H2,1-7H3;/q-2;/i8D2,9D,10D,11D,12D,13D,18D,19D,22D,25D,28D,29D;. The van der Waals surface area contributed by atoms with E-state index in [9.17, 15) is 5.48 Å². The number of hydrogen-bond donors (Lipinski definition) is 0. The van der Waals surface area contributed by atoms with Gasteiger partial charge in [0, 0.05) is 48.4 Å². The number of fused-ring (bicyclic) bond motifs is 4. The van der Waals surface area contributed by atoms with Crippen molar-refractivity contribution in [1.82, 2.24) is 14.1 Å². The molecule has 0 amide bonds. The number of benzene rings is 7. The van der Waals surface area contributed by atoms with Crippen LogP contribution in [0.2, 0.25) is 0 Å². The number of ether oxygens (including phenoxy) is 1. The molecule has 0 saturated heterocycles. The fourth-order valence-corrected chi connectivity index (χ4v) is 7.86. The van der Waals surface area contributed by atoms with Crippen LogP contribution in [-0.4, -0.2) is 14.1 Å². The van der Waals surface area contributed by atoms with Gasteiger partial charge in [0.05, 0.1) is 29.1 Å². The zero-order valence-corrected chi connectivity index (χ0v) is 38.5. The average Bonchev–Trinajstić information content (AvgIpc) is 4.05. The summed E-state index contributed by atoms with van der Waals surface area (Å²) in [6, 6.07) is 29.1. The molecule has 64 heavy (non-hydrogen) atoms. The second-order valence-corrected chi connectivity index (χ2v) is 17.4. The van der Waals surface area contributed by atoms with E-state index in [4.69, 9.17) is 17.1 Å². The van der Waals surface area contributed by atoms with Gasteiger partial charge in [-0.2, -0.15) is 18.2 Å². The minimum absolute atomic E-state index is 0. The van der Waals surface area contributed by atoms with Gasteiger partial charge in [-0.25, -0.2) is 4.98 Å². The molecule has 7 aromatic carbocycles. The molecule has 0 aliphatic rings. The number of aryl methyl sites for hydroxylation is 1. The molecule has 6 heteroatoms. The van der Waals surface area contributed by atoms with Crippen molar-refractivity contribution in [3.63, 3.8) is 0 Å². The SMILES string of the molecule is [2H]c1c([2H])c([2H])c(-c2cccc(-c3cc(C(C)(C)C)cc(C(C)(C)C)c3)c2-[n+]2[c-]n(-c3[c-]c(Oc4[c-]c5c(c([2H])c4[2H])c4c([2H])c([2H])c([2H])c([2H])c4n5-c4cc(C([2H])([2H])C)ccn4)ccc3)c3ccccc32)c([2H])c1[2H].[Pt]. The molecule has 0 N–H and O–H groups in total. The number of nitrogens with zero attached hydrogens (tertiary/aromatic N) is 4. The summed E-state index contributed by atoms with van der Waals surface area (Å²) in [6.07, 6.45) is 3.12. The van der Waals surface area contributed by atoms with Crippen LogP contribution in [0.5, 0.6) is 11.5 Å². The molecule has 3 aromatic heterocycles. The Labute approximate surface area is 409 Å². The van der Waals surface area contributed by atoms with Crippen molar-refractivity contribution >= 4 is 32.8 Å². The van der Waals surface area contributed by atoms with Gasteiger partial charge in [0.1, 0.15) is 5.82 Å². The minimum atomic E-state index is -1.81. The zero-order chi connectivity index (χ0) is 54.8. The maximum atomic E-state index is 9.33. The summed E-state index contributed by atoms with van der Waals surface area (Å²) in [5.41, 5.74) is 6.10. The Bertz CT molecular complexity index is 4010. The number of rotatable bonds is 8. The van der Waals surface area contributed by atoms with Gasteiger partial charge in [-0.3, -0.25) is 4.57 Å². The molecule has 10 rings (SSSR count). The Kier molecular flexibility index (Phi) is 7.84. The molecule has 0 radical (unpaired) electrons. The van der Waals surface area contributed by atoms with Crippen LogP contribution in [0.1, 0.15) is 83.0 Å². The number of hydrogen-bond acceptors (Lipinski definition) is 2. The van der Waals surface area contributed by atoms with Crippen LogP contribution in [0, 0.1) is 18.5 Å². The van der Waals surface area contributed by atoms with Crippen molar-refractivity contribution in [3.8, 4) is 50.9 Å². The molecular formula is C58H50N4OPt-2. The Morgan fingerprint density at radius 1 is 0.672 bits per heavy atom. The molecule has 0 atom stereocenters. The summed E-state index contributed by atoms with van der Waals surface area (Å²) in [5.74, 6) is -0.0379. The van der Waals surface area contributed by atoms with E-state index in [0.29, 0.717) is 33.5 Å². The van der Waals surface area contributed by atoms with Crippen LogP contribution in [0.15, 0.2) is 164 Å². The van der Waals surface area contributed by atoms with Gasteiger partial charge in [0.25, 0.3) is 6.33 Å². The largest absolute Gasteiger partial charge is 0.510 e. The van der Waals surface area contributed by atoms with E-state index < -0.39 is 60.8 Å². The number of pyridine rings is 1. The predicted molar refractivity (Wildman–Crippen MR) is 258 cm³/mol. The summed E-state index contributed by atoms with van der Waals surface area (Å²) in [4.78, 5) is 4.49. The van der Waals surface area contributed by atoms with Gasteiger partial charge in [-0.1, -0.05) is 163 Å². The number of aromatic nitrogens is 4. The van der Waals surface area contributed by atoms with Crippen molar-refractivity contribution in [2.24, 2.45) is 0 Å². The molecule has 0 unspecified atom stereocenters. The second-order valence-electron chi connectivity index (χ2n) is 17.4. The summed E-state index contributed by atoms with van der Waals surface area (Å²) >= 11 is 0. The first kappa shape index (κ1) is 29.7. The van der Waals surface area contributed by atoms with Crippen LogP contribution < -0.4 is 9.30 Å². The molecule has 10 aromatic rings. The predicted octanol–water partition coefficient (Wildman–Crippen LogP) is 14.1. The quantitative estimate of drug-likeness (QED) is 0.112. The van der Waals surface area contributed by atoms with E-state index in [0.717, 1.165) is 16.7 Å². The first-order valence-electron chi connectivity index (χ1n) is 27.1. The first-order chi connectivity index (χ1) is 35.7. The van der Waals surface area contributed by atoms with Crippen LogP contribution in [0.25, 0.3) is 72.3 Å². The van der Waals surface area contributed by atoms with Crippen molar-refractivity contribution in [2.45, 2.75) is 65.7 Å². The minimum Gasteiger partial charge on any atom is -0.510 e. The number of para-hydroxylation sites is 4. The number of imidazole rings is 1. The smallest absolute Gasteiger partial charge is 0.268 e. The zero-order valence-electron chi connectivity index (χ0n) is 49.3. The maximum Gasteiger partial charge on any atom is 0.268 e. The van der Waals surface area contributed by atoms with Gasteiger partial charge >= 0.3 is 0 Å². The van der Waals surface area contributed by atoms with Gasteiger partial charge in [-0.05, 0) is 86.8 Å². The van der Waals surface area contributed by atoms with Crippen molar-refractivity contribution < 1.29 is 48.2 Å². The van der Waals surface area contributed by atoms with Crippen LogP contribution in [0.4, 0.5) is 0 Å². The molecule has 0 fully saturated rings. The fraction of sp³-hybridized carbons (Fsp3) is 0.172. The average molecular weight is 1030 g/mol. The summed E-state index contributed by atoms with van der Waals surface area (Å²) in [6.45, 7) is 14.3. The van der Waals surface area contributed by atoms with E-state index in [1.165, 1.54) is 29.8 Å². The van der Waals surface area contributed by atoms with Crippen LogP contribution in [-0.2, 0) is 38.3 Å². The van der Waals surface area contributed by atoms with E-state index in [1.54, 1.807) is 28.8 Å². The van der Waals surface area contributed by atoms with E-state index in [2.05, 4.69) is 83.2 Å². The normalized spacial score (nSPS) is 15.0. The molecule has 3 heterocycles. The first-order valence-corrected chi connectivity index (χ1v) is 20.6. The Balaban J connectivity index is 0.00000722. The Hall–Kier alpha value is -6.55. The Morgan fingerprint density at radius 2 is 1.38 bits per heavy atom. The van der Waals surface area contributed by atoms with Crippen molar-refractivity contribution in [3.05, 3.63) is 199 Å². The van der Waals surface area contributed by atoms with Crippen molar-refractivity contribution in [2.75, 3.05) is 0 Å². The van der Waals surface area contributed by atoms with Crippen molar-refractivity contribution in [1.29, 1.82) is 0 Å². The van der Waals surface area contributed by atoms with E-state index in [-0.39, 0.29) is 94.2 Å². The molecule has 0 aliphatic heterocycles. The van der Waals surface area contributed by atoms with Gasteiger partial charge in [-0.15, -0.1) is 29.6 Å². The summed E-state index contributed by atoms with van der Waals surface area (Å²) in [5, 5.41) is -0.0245. The summed E-state index contributed by atoms with van der Waals surface area (Å²) in [7, 11) is 0. The van der Waals surface area contributed by atoms with Crippen LogP contribution >= 0.6 is 0 Å². The third-order valence-electron chi connectivity index (χ3n) is 11.2. The van der Waals surface area contributed by atoms with Crippen LogP contribution in [0.3, 0.4) is 0 Å². The van der Waals surface area contributed by atoms with E-state index in [1.807, 2.05) is 41.0 Å². The maximum absolute atomic E-state index is 9.33. The van der Waals surface area contributed by atoms with E-state index >= 15 is 0 Å². The third-order valence-corrected chi connectivity index (χ3v) is 11.2. The molecular weight excluding hydrogens is 964 g/mol.